The molecular formula is C17H21N7O. The van der Waals surface area contributed by atoms with Gasteiger partial charge in [-0.05, 0) is 17.5 Å². The average molecular weight is 339 g/mol. The standard InChI is InChI=1S/C17H21N7O/c1-17(2,3)14(9-23-7-6-18-10-23)22-16(25)13-4-5-15(19-8-13)24-11-20-21-12-24/h4-8,10-12,14H,9H2,1-3H3,(H,22,25). The fourth-order valence-electron chi connectivity index (χ4n) is 2.38. The van der Waals surface area contributed by atoms with Crippen LogP contribution in [0.3, 0.4) is 0 Å². The number of hydrogen-bond donors (Lipinski definition) is 1. The molecule has 1 N–H and O–H groups in total. The summed E-state index contributed by atoms with van der Waals surface area (Å²) in [6.45, 7) is 6.95. The second kappa shape index (κ2) is 6.84. The second-order valence-corrected chi connectivity index (χ2v) is 6.93. The van der Waals surface area contributed by atoms with Crippen molar-refractivity contribution in [1.82, 2.24) is 34.6 Å². The van der Waals surface area contributed by atoms with Gasteiger partial charge in [-0.1, -0.05) is 20.8 Å². The Kier molecular flexibility index (Phi) is 4.60. The summed E-state index contributed by atoms with van der Waals surface area (Å²) in [5.74, 6) is 0.509. The maximum atomic E-state index is 12.6. The molecule has 8 nitrogen and oxygen atoms in total. The highest BCUT2D eigenvalue weighted by atomic mass is 16.1. The van der Waals surface area contributed by atoms with Crippen LogP contribution < -0.4 is 5.32 Å². The van der Waals surface area contributed by atoms with Crippen molar-refractivity contribution in [2.75, 3.05) is 0 Å². The van der Waals surface area contributed by atoms with Gasteiger partial charge < -0.3 is 9.88 Å². The normalized spacial score (nSPS) is 12.8. The third kappa shape index (κ3) is 4.09. The molecule has 3 aromatic heterocycles. The molecule has 3 aromatic rings. The van der Waals surface area contributed by atoms with E-state index >= 15 is 0 Å². The van der Waals surface area contributed by atoms with E-state index in [-0.39, 0.29) is 17.4 Å². The molecule has 0 aliphatic carbocycles. The third-order valence-electron chi connectivity index (χ3n) is 4.00. The molecule has 130 valence electrons. The van der Waals surface area contributed by atoms with Crippen LogP contribution in [0.1, 0.15) is 31.1 Å². The molecule has 0 radical (unpaired) electrons. The Hall–Kier alpha value is -3.03. The lowest BCUT2D eigenvalue weighted by molar-refractivity contribution is 0.0892. The highest BCUT2D eigenvalue weighted by Crippen LogP contribution is 2.21. The predicted octanol–water partition coefficient (Wildman–Crippen LogP) is 1.70. The van der Waals surface area contributed by atoms with Crippen LogP contribution in [0.25, 0.3) is 5.82 Å². The van der Waals surface area contributed by atoms with E-state index in [9.17, 15) is 4.79 Å². The highest BCUT2D eigenvalue weighted by Gasteiger charge is 2.27. The van der Waals surface area contributed by atoms with E-state index in [4.69, 9.17) is 0 Å². The van der Waals surface area contributed by atoms with E-state index in [1.807, 2.05) is 10.8 Å². The Morgan fingerprint density at radius 1 is 1.20 bits per heavy atom. The van der Waals surface area contributed by atoms with Crippen molar-refractivity contribution in [2.24, 2.45) is 5.41 Å². The number of carbonyl (C=O) groups excluding carboxylic acids is 1. The minimum Gasteiger partial charge on any atom is -0.347 e. The topological polar surface area (TPSA) is 90.5 Å². The van der Waals surface area contributed by atoms with E-state index in [1.54, 1.807) is 48.1 Å². The summed E-state index contributed by atoms with van der Waals surface area (Å²) in [4.78, 5) is 21.0. The maximum absolute atomic E-state index is 12.6. The molecule has 0 bridgehead atoms. The van der Waals surface area contributed by atoms with Gasteiger partial charge >= 0.3 is 0 Å². The molecule has 0 fully saturated rings. The summed E-state index contributed by atoms with van der Waals surface area (Å²) < 4.78 is 3.64. The van der Waals surface area contributed by atoms with Crippen LogP contribution in [-0.4, -0.2) is 41.2 Å². The van der Waals surface area contributed by atoms with Crippen molar-refractivity contribution in [3.05, 3.63) is 55.3 Å². The van der Waals surface area contributed by atoms with E-state index in [2.05, 4.69) is 46.3 Å². The van der Waals surface area contributed by atoms with Gasteiger partial charge in [0, 0.05) is 25.1 Å². The van der Waals surface area contributed by atoms with Crippen LogP contribution in [0.5, 0.6) is 0 Å². The Morgan fingerprint density at radius 2 is 1.96 bits per heavy atom. The predicted molar refractivity (Wildman–Crippen MR) is 92.1 cm³/mol. The molecule has 25 heavy (non-hydrogen) atoms. The summed E-state index contributed by atoms with van der Waals surface area (Å²) in [6, 6.07) is 3.46. The van der Waals surface area contributed by atoms with Gasteiger partial charge in [0.1, 0.15) is 18.5 Å². The van der Waals surface area contributed by atoms with E-state index < -0.39 is 0 Å². The molecule has 8 heteroatoms. The first kappa shape index (κ1) is 16.8. The number of nitrogens with one attached hydrogen (secondary N) is 1. The molecule has 0 saturated heterocycles. The first-order valence-electron chi connectivity index (χ1n) is 8.01. The molecule has 0 aromatic carbocycles. The van der Waals surface area contributed by atoms with Crippen molar-refractivity contribution < 1.29 is 4.79 Å². The Balaban J connectivity index is 1.72. The molecule has 3 rings (SSSR count). The number of imidazole rings is 1. The van der Waals surface area contributed by atoms with Gasteiger partial charge in [-0.2, -0.15) is 0 Å². The zero-order chi connectivity index (χ0) is 17.9. The van der Waals surface area contributed by atoms with Gasteiger partial charge in [0.05, 0.1) is 17.9 Å². The molecular weight excluding hydrogens is 318 g/mol. The highest BCUT2D eigenvalue weighted by molar-refractivity contribution is 5.94. The van der Waals surface area contributed by atoms with Crippen molar-refractivity contribution in [3.8, 4) is 5.82 Å². The fraction of sp³-hybridized carbons (Fsp3) is 0.353. The Morgan fingerprint density at radius 3 is 2.52 bits per heavy atom. The summed E-state index contributed by atoms with van der Waals surface area (Å²) in [5, 5.41) is 10.6. The minimum atomic E-state index is -0.150. The van der Waals surface area contributed by atoms with Crippen LogP contribution in [0.4, 0.5) is 0 Å². The van der Waals surface area contributed by atoms with Crippen molar-refractivity contribution in [1.29, 1.82) is 0 Å². The largest absolute Gasteiger partial charge is 0.347 e. The SMILES string of the molecule is CC(C)(C)C(Cn1ccnc1)NC(=O)c1ccc(-n2cnnc2)nc1. The smallest absolute Gasteiger partial charge is 0.253 e. The van der Waals surface area contributed by atoms with Gasteiger partial charge in [-0.25, -0.2) is 9.97 Å². The van der Waals surface area contributed by atoms with Gasteiger partial charge in [0.25, 0.3) is 5.91 Å². The lowest BCUT2D eigenvalue weighted by atomic mass is 9.86. The van der Waals surface area contributed by atoms with Crippen molar-refractivity contribution in [2.45, 2.75) is 33.4 Å². The Bertz CT molecular complexity index is 802. The second-order valence-electron chi connectivity index (χ2n) is 6.93. The molecule has 0 saturated carbocycles. The van der Waals surface area contributed by atoms with E-state index in [0.29, 0.717) is 17.9 Å². The number of pyridine rings is 1. The molecule has 0 aliphatic rings. The van der Waals surface area contributed by atoms with Crippen LogP contribution >= 0.6 is 0 Å². The zero-order valence-electron chi connectivity index (χ0n) is 14.5. The summed E-state index contributed by atoms with van der Waals surface area (Å²) in [6.07, 6.45) is 10.0. The fourth-order valence-corrected chi connectivity index (χ4v) is 2.38. The first-order valence-corrected chi connectivity index (χ1v) is 8.01. The number of nitrogens with zero attached hydrogens (tertiary/aromatic N) is 6. The number of rotatable bonds is 5. The van der Waals surface area contributed by atoms with Gasteiger partial charge in [-0.15, -0.1) is 10.2 Å². The summed E-state index contributed by atoms with van der Waals surface area (Å²) in [5.41, 5.74) is 0.409. The molecule has 0 aliphatic heterocycles. The van der Waals surface area contributed by atoms with Crippen LogP contribution in [0, 0.1) is 5.41 Å². The number of carbonyl (C=O) groups is 1. The lowest BCUT2D eigenvalue weighted by Crippen LogP contribution is -2.46. The quantitative estimate of drug-likeness (QED) is 0.764. The summed E-state index contributed by atoms with van der Waals surface area (Å²) >= 11 is 0. The first-order chi connectivity index (χ1) is 11.9. The van der Waals surface area contributed by atoms with E-state index in [0.717, 1.165) is 0 Å². The summed E-state index contributed by atoms with van der Waals surface area (Å²) in [7, 11) is 0. The van der Waals surface area contributed by atoms with Crippen LogP contribution in [0.15, 0.2) is 49.7 Å². The lowest BCUT2D eigenvalue weighted by Gasteiger charge is -2.31. The van der Waals surface area contributed by atoms with E-state index in [1.165, 1.54) is 0 Å². The molecule has 0 spiro atoms. The molecule has 1 unspecified atom stereocenters. The maximum Gasteiger partial charge on any atom is 0.253 e. The van der Waals surface area contributed by atoms with Crippen LogP contribution in [-0.2, 0) is 6.54 Å². The van der Waals surface area contributed by atoms with Crippen LogP contribution in [0.2, 0.25) is 0 Å². The van der Waals surface area contributed by atoms with Gasteiger partial charge in [-0.3, -0.25) is 9.36 Å². The molecule has 1 amide bonds. The van der Waals surface area contributed by atoms with Crippen molar-refractivity contribution >= 4 is 5.91 Å². The van der Waals surface area contributed by atoms with Crippen molar-refractivity contribution in [3.63, 3.8) is 0 Å². The Labute approximate surface area is 145 Å². The number of amides is 1. The zero-order valence-corrected chi connectivity index (χ0v) is 14.5. The number of aromatic nitrogens is 6. The minimum absolute atomic E-state index is 0.0493. The molecule has 1 atom stereocenters. The van der Waals surface area contributed by atoms with Gasteiger partial charge in [0.2, 0.25) is 0 Å². The van der Waals surface area contributed by atoms with Gasteiger partial charge in [0.15, 0.2) is 0 Å². The monoisotopic (exact) mass is 339 g/mol. The number of hydrogen-bond acceptors (Lipinski definition) is 5. The molecule has 3 heterocycles. The average Bonchev–Trinajstić information content (AvgIpc) is 3.27. The third-order valence-corrected chi connectivity index (χ3v) is 4.00.